The SMILES string of the molecule is C=C/C=C(/O[Si](C)(C)C(C)(C)C)N1CCOCC1. The summed E-state index contributed by atoms with van der Waals surface area (Å²) in [5, 5.41) is 0.208. The summed E-state index contributed by atoms with van der Waals surface area (Å²) in [5.41, 5.74) is 0. The van der Waals surface area contributed by atoms with Crippen LogP contribution in [-0.4, -0.2) is 39.5 Å². The first-order valence-electron chi connectivity index (χ1n) is 6.62. The van der Waals surface area contributed by atoms with Crippen molar-refractivity contribution in [3.8, 4) is 0 Å². The number of morpholine rings is 1. The molecule has 1 rings (SSSR count). The van der Waals surface area contributed by atoms with Gasteiger partial charge in [0.1, 0.15) is 0 Å². The van der Waals surface area contributed by atoms with Gasteiger partial charge in [0.2, 0.25) is 0 Å². The number of ether oxygens (including phenoxy) is 1. The van der Waals surface area contributed by atoms with E-state index in [2.05, 4.69) is 45.3 Å². The smallest absolute Gasteiger partial charge is 0.252 e. The molecule has 4 heteroatoms. The Kier molecular flexibility index (Phi) is 5.05. The van der Waals surface area contributed by atoms with Gasteiger partial charge in [-0.05, 0) is 24.2 Å². The van der Waals surface area contributed by atoms with Crippen LogP contribution in [-0.2, 0) is 9.16 Å². The van der Waals surface area contributed by atoms with E-state index in [4.69, 9.17) is 9.16 Å². The van der Waals surface area contributed by atoms with Crippen molar-refractivity contribution in [1.29, 1.82) is 0 Å². The number of allylic oxidation sites excluding steroid dienone is 2. The average molecular weight is 269 g/mol. The van der Waals surface area contributed by atoms with Gasteiger partial charge in [-0.2, -0.15) is 0 Å². The summed E-state index contributed by atoms with van der Waals surface area (Å²) >= 11 is 0. The van der Waals surface area contributed by atoms with Crippen LogP contribution in [0.3, 0.4) is 0 Å². The van der Waals surface area contributed by atoms with Gasteiger partial charge in [0, 0.05) is 13.1 Å². The van der Waals surface area contributed by atoms with Crippen LogP contribution in [0, 0.1) is 0 Å². The van der Waals surface area contributed by atoms with E-state index in [1.165, 1.54) is 0 Å². The topological polar surface area (TPSA) is 21.7 Å². The zero-order valence-electron chi connectivity index (χ0n) is 12.5. The highest BCUT2D eigenvalue weighted by Gasteiger charge is 2.40. The molecule has 1 saturated heterocycles. The van der Waals surface area contributed by atoms with E-state index in [9.17, 15) is 0 Å². The van der Waals surface area contributed by atoms with Crippen molar-refractivity contribution < 1.29 is 9.16 Å². The molecule has 0 aromatic rings. The van der Waals surface area contributed by atoms with Gasteiger partial charge in [-0.1, -0.05) is 33.4 Å². The summed E-state index contributed by atoms with van der Waals surface area (Å²) < 4.78 is 11.8. The van der Waals surface area contributed by atoms with Crippen molar-refractivity contribution >= 4 is 8.32 Å². The van der Waals surface area contributed by atoms with Crippen LogP contribution in [0.5, 0.6) is 0 Å². The lowest BCUT2D eigenvalue weighted by atomic mass is 10.2. The molecular weight excluding hydrogens is 242 g/mol. The highest BCUT2D eigenvalue weighted by Crippen LogP contribution is 2.38. The molecular formula is C14H27NO2Si. The van der Waals surface area contributed by atoms with Crippen LogP contribution in [0.15, 0.2) is 24.6 Å². The molecule has 0 atom stereocenters. The Bertz CT molecular complexity index is 312. The minimum atomic E-state index is -1.79. The van der Waals surface area contributed by atoms with E-state index in [0.717, 1.165) is 32.2 Å². The third kappa shape index (κ3) is 3.88. The minimum Gasteiger partial charge on any atom is -0.532 e. The second kappa shape index (κ2) is 5.93. The largest absolute Gasteiger partial charge is 0.532 e. The number of hydrogen-bond donors (Lipinski definition) is 0. The van der Waals surface area contributed by atoms with Gasteiger partial charge in [0.05, 0.1) is 13.2 Å². The van der Waals surface area contributed by atoms with Crippen molar-refractivity contribution in [2.45, 2.75) is 38.9 Å². The van der Waals surface area contributed by atoms with Gasteiger partial charge in [0.15, 0.2) is 5.88 Å². The summed E-state index contributed by atoms with van der Waals surface area (Å²) in [5.74, 6) is 0.958. The van der Waals surface area contributed by atoms with Crippen LogP contribution >= 0.6 is 0 Å². The van der Waals surface area contributed by atoms with Gasteiger partial charge < -0.3 is 14.1 Å². The Hall–Kier alpha value is -0.743. The highest BCUT2D eigenvalue weighted by atomic mass is 28.4. The number of nitrogens with zero attached hydrogens (tertiary/aromatic N) is 1. The molecule has 0 N–H and O–H groups in total. The molecule has 0 spiro atoms. The molecule has 18 heavy (non-hydrogen) atoms. The van der Waals surface area contributed by atoms with E-state index in [1.54, 1.807) is 6.08 Å². The fourth-order valence-electron chi connectivity index (χ4n) is 1.50. The quantitative estimate of drug-likeness (QED) is 0.444. The van der Waals surface area contributed by atoms with Crippen molar-refractivity contribution in [3.05, 3.63) is 24.6 Å². The first kappa shape index (κ1) is 15.3. The first-order valence-corrected chi connectivity index (χ1v) is 9.53. The molecule has 0 saturated carbocycles. The molecule has 0 unspecified atom stereocenters. The maximum absolute atomic E-state index is 6.38. The van der Waals surface area contributed by atoms with Crippen molar-refractivity contribution in [3.63, 3.8) is 0 Å². The van der Waals surface area contributed by atoms with Gasteiger partial charge in [-0.25, -0.2) is 0 Å². The summed E-state index contributed by atoms with van der Waals surface area (Å²) in [6, 6.07) is 0. The Balaban J connectivity index is 2.80. The van der Waals surface area contributed by atoms with Crippen LogP contribution < -0.4 is 0 Å². The van der Waals surface area contributed by atoms with Crippen LogP contribution in [0.25, 0.3) is 0 Å². The predicted molar refractivity (Wildman–Crippen MR) is 79.0 cm³/mol. The van der Waals surface area contributed by atoms with E-state index in [0.29, 0.717) is 0 Å². The van der Waals surface area contributed by atoms with Crippen molar-refractivity contribution in [1.82, 2.24) is 4.90 Å². The molecule has 1 heterocycles. The maximum atomic E-state index is 6.38. The zero-order chi connectivity index (χ0) is 13.8. The summed E-state index contributed by atoms with van der Waals surface area (Å²) in [7, 11) is -1.79. The van der Waals surface area contributed by atoms with E-state index < -0.39 is 8.32 Å². The average Bonchev–Trinajstić information content (AvgIpc) is 2.28. The Labute approximate surface area is 113 Å². The molecule has 0 bridgehead atoms. The molecule has 0 aromatic heterocycles. The van der Waals surface area contributed by atoms with E-state index in [1.807, 2.05) is 6.08 Å². The van der Waals surface area contributed by atoms with Crippen LogP contribution in [0.2, 0.25) is 18.1 Å². The lowest BCUT2D eigenvalue weighted by Crippen LogP contribution is -2.45. The lowest BCUT2D eigenvalue weighted by Gasteiger charge is -2.41. The van der Waals surface area contributed by atoms with Gasteiger partial charge in [-0.15, -0.1) is 0 Å². The standard InChI is InChI=1S/C14H27NO2Si/c1-7-8-13(15-9-11-16-12-10-15)17-18(5,6)14(2,3)4/h7-8H,1,9-12H2,2-6H3/b13-8+. The molecule has 1 aliphatic rings. The lowest BCUT2D eigenvalue weighted by molar-refractivity contribution is 0.0332. The maximum Gasteiger partial charge on any atom is 0.252 e. The summed E-state index contributed by atoms with van der Waals surface area (Å²) in [6.07, 6.45) is 3.78. The van der Waals surface area contributed by atoms with Crippen molar-refractivity contribution in [2.75, 3.05) is 26.3 Å². The molecule has 0 amide bonds. The van der Waals surface area contributed by atoms with Crippen LogP contribution in [0.4, 0.5) is 0 Å². The van der Waals surface area contributed by atoms with Gasteiger partial charge >= 0.3 is 0 Å². The number of rotatable bonds is 4. The van der Waals surface area contributed by atoms with Gasteiger partial charge in [0.25, 0.3) is 8.32 Å². The monoisotopic (exact) mass is 269 g/mol. The third-order valence-corrected chi connectivity index (χ3v) is 8.08. The molecule has 104 valence electrons. The molecule has 1 fully saturated rings. The zero-order valence-corrected chi connectivity index (χ0v) is 13.5. The predicted octanol–water partition coefficient (Wildman–Crippen LogP) is 3.37. The van der Waals surface area contributed by atoms with Crippen molar-refractivity contribution in [2.24, 2.45) is 0 Å². The van der Waals surface area contributed by atoms with E-state index in [-0.39, 0.29) is 5.04 Å². The molecule has 0 aliphatic carbocycles. The second-order valence-corrected chi connectivity index (χ2v) is 10.9. The molecule has 0 aromatic carbocycles. The fraction of sp³-hybridized carbons (Fsp3) is 0.714. The highest BCUT2D eigenvalue weighted by molar-refractivity contribution is 6.74. The summed E-state index contributed by atoms with van der Waals surface area (Å²) in [4.78, 5) is 2.26. The number of hydrogen-bond acceptors (Lipinski definition) is 3. The van der Waals surface area contributed by atoms with E-state index >= 15 is 0 Å². The van der Waals surface area contributed by atoms with Crippen LogP contribution in [0.1, 0.15) is 20.8 Å². The summed E-state index contributed by atoms with van der Waals surface area (Å²) in [6.45, 7) is 18.4. The second-order valence-electron chi connectivity index (χ2n) is 6.20. The fourth-order valence-corrected chi connectivity index (χ4v) is 2.53. The van der Waals surface area contributed by atoms with Gasteiger partial charge in [-0.3, -0.25) is 0 Å². The Morgan fingerprint density at radius 3 is 2.28 bits per heavy atom. The molecule has 0 radical (unpaired) electrons. The third-order valence-electron chi connectivity index (χ3n) is 3.75. The molecule has 3 nitrogen and oxygen atoms in total. The minimum absolute atomic E-state index is 0.208. The Morgan fingerprint density at radius 1 is 1.28 bits per heavy atom. The normalized spacial score (nSPS) is 18.7. The Morgan fingerprint density at radius 2 is 1.83 bits per heavy atom. The molecule has 1 aliphatic heterocycles. The first-order chi connectivity index (χ1) is 8.28.